The molecule has 2 N–H and O–H groups in total. The van der Waals surface area contributed by atoms with Crippen LogP contribution in [0.4, 0.5) is 0 Å². The van der Waals surface area contributed by atoms with Crippen molar-refractivity contribution in [1.82, 2.24) is 0 Å². The number of aryl methyl sites for hydroxylation is 1. The maximum atomic E-state index is 10.7. The van der Waals surface area contributed by atoms with E-state index >= 15 is 0 Å². The van der Waals surface area contributed by atoms with Gasteiger partial charge in [0.15, 0.2) is 0 Å². The first-order valence-corrected chi connectivity index (χ1v) is 4.97. The molecule has 0 aliphatic carbocycles. The van der Waals surface area contributed by atoms with E-state index in [1.165, 1.54) is 0 Å². The quantitative estimate of drug-likeness (QED) is 0.808. The molecule has 0 aliphatic heterocycles. The molecule has 0 saturated carbocycles. The van der Waals surface area contributed by atoms with Crippen molar-refractivity contribution in [3.8, 4) is 0 Å². The number of rotatable bonds is 3. The third-order valence-electron chi connectivity index (χ3n) is 2.02. The number of halogens is 2. The second-order valence-corrected chi connectivity index (χ2v) is 4.63. The summed E-state index contributed by atoms with van der Waals surface area (Å²) in [7, 11) is 0. The Morgan fingerprint density at radius 3 is 2.20 bits per heavy atom. The van der Waals surface area contributed by atoms with Gasteiger partial charge in [-0.1, -0.05) is 53.0 Å². The lowest BCUT2D eigenvalue weighted by molar-refractivity contribution is -0.140. The van der Waals surface area contributed by atoms with Gasteiger partial charge in [0.1, 0.15) is 6.10 Å². The molecule has 82 valence electrons. The van der Waals surface area contributed by atoms with Crippen LogP contribution in [0.15, 0.2) is 24.3 Å². The lowest BCUT2D eigenvalue weighted by Gasteiger charge is -2.21. The summed E-state index contributed by atoms with van der Waals surface area (Å²) in [5.74, 6) is -1.47. The molecular weight excluding hydrogens is 239 g/mol. The largest absolute Gasteiger partial charge is 0.479 e. The summed E-state index contributed by atoms with van der Waals surface area (Å²) in [5, 5.41) is 18.4. The Bertz CT molecular complexity index is 359. The number of hydrogen-bond acceptors (Lipinski definition) is 2. The molecular formula is C10H10Cl2O3. The molecule has 1 unspecified atom stereocenters. The highest BCUT2D eigenvalue weighted by molar-refractivity contribution is 6.57. The van der Waals surface area contributed by atoms with E-state index in [1.807, 2.05) is 6.92 Å². The predicted molar refractivity (Wildman–Crippen MR) is 58.2 cm³/mol. The van der Waals surface area contributed by atoms with E-state index in [0.717, 1.165) is 5.56 Å². The van der Waals surface area contributed by atoms with Crippen molar-refractivity contribution in [3.63, 3.8) is 0 Å². The third-order valence-corrected chi connectivity index (χ3v) is 2.76. The van der Waals surface area contributed by atoms with Gasteiger partial charge in [0.2, 0.25) is 4.33 Å². The van der Waals surface area contributed by atoms with Crippen molar-refractivity contribution < 1.29 is 15.0 Å². The number of hydrogen-bond donors (Lipinski definition) is 2. The van der Waals surface area contributed by atoms with Gasteiger partial charge in [0, 0.05) is 0 Å². The summed E-state index contributed by atoms with van der Waals surface area (Å²) in [6.07, 6.45) is -1.46. The molecule has 0 bridgehead atoms. The molecule has 1 atom stereocenters. The van der Waals surface area contributed by atoms with Crippen LogP contribution in [0.3, 0.4) is 0 Å². The number of benzene rings is 1. The molecule has 1 rings (SSSR count). The standard InChI is InChI=1S/C10H10Cl2O3/c1-6-2-4-7(5-3-6)8(13)10(11,12)9(14)15/h2-5,8,13H,1H3,(H,14,15). The molecule has 0 radical (unpaired) electrons. The highest BCUT2D eigenvalue weighted by atomic mass is 35.5. The SMILES string of the molecule is Cc1ccc(C(O)C(Cl)(Cl)C(=O)O)cc1. The van der Waals surface area contributed by atoms with Crippen LogP contribution in [0.1, 0.15) is 17.2 Å². The molecule has 15 heavy (non-hydrogen) atoms. The normalized spacial score (nSPS) is 13.6. The van der Waals surface area contributed by atoms with Gasteiger partial charge < -0.3 is 10.2 Å². The Morgan fingerprint density at radius 1 is 1.33 bits per heavy atom. The Labute approximate surface area is 97.2 Å². The molecule has 0 fully saturated rings. The maximum Gasteiger partial charge on any atom is 0.343 e. The van der Waals surface area contributed by atoms with Crippen LogP contribution in [0.25, 0.3) is 0 Å². The van der Waals surface area contributed by atoms with E-state index in [4.69, 9.17) is 28.3 Å². The van der Waals surface area contributed by atoms with Crippen molar-refractivity contribution in [2.45, 2.75) is 17.4 Å². The van der Waals surface area contributed by atoms with Crippen LogP contribution >= 0.6 is 23.2 Å². The number of carbonyl (C=O) groups is 1. The minimum Gasteiger partial charge on any atom is -0.479 e. The Kier molecular flexibility index (Phi) is 3.60. The summed E-state index contributed by atoms with van der Waals surface area (Å²) < 4.78 is -2.23. The summed E-state index contributed by atoms with van der Waals surface area (Å²) in [5.41, 5.74) is 1.36. The van der Waals surface area contributed by atoms with Gasteiger partial charge in [-0.3, -0.25) is 0 Å². The van der Waals surface area contributed by atoms with Crippen LogP contribution < -0.4 is 0 Å². The topological polar surface area (TPSA) is 57.5 Å². The van der Waals surface area contributed by atoms with E-state index in [1.54, 1.807) is 24.3 Å². The van der Waals surface area contributed by atoms with Gasteiger partial charge >= 0.3 is 5.97 Å². The monoisotopic (exact) mass is 248 g/mol. The van der Waals surface area contributed by atoms with E-state index in [0.29, 0.717) is 5.56 Å². The highest BCUT2D eigenvalue weighted by Crippen LogP contribution is 2.36. The Hall–Kier alpha value is -0.770. The van der Waals surface area contributed by atoms with Gasteiger partial charge in [-0.05, 0) is 12.5 Å². The van der Waals surface area contributed by atoms with Gasteiger partial charge in [0.05, 0.1) is 0 Å². The van der Waals surface area contributed by atoms with E-state index in [-0.39, 0.29) is 0 Å². The zero-order chi connectivity index (χ0) is 11.6. The summed E-state index contributed by atoms with van der Waals surface area (Å²) >= 11 is 11.0. The van der Waals surface area contributed by atoms with Crippen molar-refractivity contribution in [2.24, 2.45) is 0 Å². The molecule has 5 heteroatoms. The lowest BCUT2D eigenvalue weighted by atomic mass is 10.0. The van der Waals surface area contributed by atoms with Gasteiger partial charge in [-0.25, -0.2) is 4.79 Å². The Balaban J connectivity index is 2.99. The fourth-order valence-electron chi connectivity index (χ4n) is 1.08. The van der Waals surface area contributed by atoms with Crippen LogP contribution in [0, 0.1) is 6.92 Å². The van der Waals surface area contributed by atoms with Crippen molar-refractivity contribution >= 4 is 29.2 Å². The molecule has 0 amide bonds. The summed E-state index contributed by atoms with van der Waals surface area (Å²) in [6.45, 7) is 1.88. The van der Waals surface area contributed by atoms with Crippen molar-refractivity contribution in [3.05, 3.63) is 35.4 Å². The van der Waals surface area contributed by atoms with E-state index in [9.17, 15) is 9.90 Å². The molecule has 0 saturated heterocycles. The third kappa shape index (κ3) is 2.62. The van der Waals surface area contributed by atoms with Crippen LogP contribution in [-0.4, -0.2) is 20.5 Å². The van der Waals surface area contributed by atoms with Gasteiger partial charge in [-0.15, -0.1) is 0 Å². The summed E-state index contributed by atoms with van der Waals surface area (Å²) in [6, 6.07) is 6.65. The molecule has 1 aromatic carbocycles. The predicted octanol–water partition coefficient (Wildman–Crippen LogP) is 2.29. The molecule has 0 aliphatic rings. The van der Waals surface area contributed by atoms with Crippen molar-refractivity contribution in [2.75, 3.05) is 0 Å². The molecule has 0 spiro atoms. The van der Waals surface area contributed by atoms with Crippen molar-refractivity contribution in [1.29, 1.82) is 0 Å². The van der Waals surface area contributed by atoms with Crippen LogP contribution in [-0.2, 0) is 4.79 Å². The fourth-order valence-corrected chi connectivity index (χ4v) is 1.33. The molecule has 1 aromatic rings. The Morgan fingerprint density at radius 2 is 1.80 bits per heavy atom. The summed E-state index contributed by atoms with van der Waals surface area (Å²) in [4.78, 5) is 10.7. The minimum atomic E-state index is -2.23. The zero-order valence-corrected chi connectivity index (χ0v) is 9.46. The van der Waals surface area contributed by atoms with Crippen LogP contribution in [0.2, 0.25) is 0 Å². The second-order valence-electron chi connectivity index (χ2n) is 3.24. The number of aliphatic hydroxyl groups excluding tert-OH is 1. The van der Waals surface area contributed by atoms with E-state index in [2.05, 4.69) is 0 Å². The van der Waals surface area contributed by atoms with E-state index < -0.39 is 16.4 Å². The first kappa shape index (κ1) is 12.3. The second kappa shape index (κ2) is 4.39. The molecule has 0 aromatic heterocycles. The molecule has 0 heterocycles. The smallest absolute Gasteiger partial charge is 0.343 e. The number of aliphatic carboxylic acids is 1. The number of alkyl halides is 2. The number of carboxylic acid groups (broad SMARTS) is 1. The zero-order valence-electron chi connectivity index (χ0n) is 7.95. The number of aliphatic hydroxyl groups is 1. The first-order chi connectivity index (χ1) is 6.85. The maximum absolute atomic E-state index is 10.7. The minimum absolute atomic E-state index is 0.369. The average Bonchev–Trinajstić information content (AvgIpc) is 2.17. The van der Waals surface area contributed by atoms with Gasteiger partial charge in [-0.2, -0.15) is 0 Å². The lowest BCUT2D eigenvalue weighted by Crippen LogP contribution is -2.33. The highest BCUT2D eigenvalue weighted by Gasteiger charge is 2.42. The molecule has 3 nitrogen and oxygen atoms in total. The average molecular weight is 249 g/mol. The first-order valence-electron chi connectivity index (χ1n) is 4.21. The number of carboxylic acids is 1. The fraction of sp³-hybridized carbons (Fsp3) is 0.300. The van der Waals surface area contributed by atoms with Crippen LogP contribution in [0.5, 0.6) is 0 Å². The van der Waals surface area contributed by atoms with Gasteiger partial charge in [0.25, 0.3) is 0 Å².